The summed E-state index contributed by atoms with van der Waals surface area (Å²) in [5, 5.41) is 2.81. The van der Waals surface area contributed by atoms with Gasteiger partial charge < -0.3 is 15.0 Å². The van der Waals surface area contributed by atoms with Crippen LogP contribution >= 0.6 is 0 Å². The fourth-order valence-electron chi connectivity index (χ4n) is 2.20. The molecule has 2 fully saturated rings. The number of rotatable bonds is 1. The first kappa shape index (κ1) is 9.38. The van der Waals surface area contributed by atoms with E-state index in [0.29, 0.717) is 6.54 Å². The van der Waals surface area contributed by atoms with Gasteiger partial charge in [-0.2, -0.15) is 0 Å². The van der Waals surface area contributed by atoms with Gasteiger partial charge in [-0.3, -0.25) is 0 Å². The summed E-state index contributed by atoms with van der Waals surface area (Å²) in [4.78, 5) is 21.3. The van der Waals surface area contributed by atoms with Crippen molar-refractivity contribution in [1.82, 2.24) is 15.3 Å². The van der Waals surface area contributed by atoms with Crippen molar-refractivity contribution >= 4 is 11.9 Å². The molecule has 1 amide bonds. The molecule has 0 radical (unpaired) electrons. The summed E-state index contributed by atoms with van der Waals surface area (Å²) in [6, 6.07) is 2.02. The van der Waals surface area contributed by atoms with Crippen molar-refractivity contribution in [3.05, 3.63) is 18.6 Å². The number of carbonyl (C=O) groups is 1. The number of carbonyl (C=O) groups excluding carboxylic acids is 1. The molecule has 0 bridgehead atoms. The van der Waals surface area contributed by atoms with Crippen LogP contribution < -0.4 is 10.2 Å². The zero-order valence-electron chi connectivity index (χ0n) is 8.67. The van der Waals surface area contributed by atoms with E-state index >= 15 is 0 Å². The third kappa shape index (κ3) is 1.56. The van der Waals surface area contributed by atoms with Gasteiger partial charge in [-0.25, -0.2) is 14.8 Å². The van der Waals surface area contributed by atoms with E-state index in [9.17, 15) is 4.79 Å². The number of nitrogens with one attached hydrogen (secondary N) is 1. The smallest absolute Gasteiger partial charge is 0.407 e. The van der Waals surface area contributed by atoms with Gasteiger partial charge in [-0.05, 0) is 12.5 Å². The van der Waals surface area contributed by atoms with Crippen LogP contribution in [0.1, 0.15) is 6.42 Å². The standard InChI is InChI=1S/C10H12N4O2/c15-10-13-7-2-4-14(5-8(7)16-10)9-1-3-11-6-12-9/h1,3,6-8H,2,4-5H2,(H,13,15)/t7-,8+/m1/s1. The Hall–Kier alpha value is -1.85. The summed E-state index contributed by atoms with van der Waals surface area (Å²) in [6.45, 7) is 1.57. The molecule has 2 aliphatic rings. The molecular weight excluding hydrogens is 208 g/mol. The molecule has 0 aliphatic carbocycles. The van der Waals surface area contributed by atoms with Gasteiger partial charge in [-0.1, -0.05) is 0 Å². The molecule has 2 saturated heterocycles. The van der Waals surface area contributed by atoms with Crippen molar-refractivity contribution in [1.29, 1.82) is 0 Å². The molecule has 6 heteroatoms. The minimum Gasteiger partial charge on any atom is -0.442 e. The first-order valence-corrected chi connectivity index (χ1v) is 5.31. The minimum atomic E-state index is -0.306. The highest BCUT2D eigenvalue weighted by atomic mass is 16.6. The molecule has 0 spiro atoms. The molecule has 1 aromatic rings. The lowest BCUT2D eigenvalue weighted by molar-refractivity contribution is 0.127. The van der Waals surface area contributed by atoms with Crippen LogP contribution in [0.25, 0.3) is 0 Å². The van der Waals surface area contributed by atoms with Gasteiger partial charge in [-0.15, -0.1) is 0 Å². The second-order valence-electron chi connectivity index (χ2n) is 4.00. The van der Waals surface area contributed by atoms with Crippen LogP contribution in [-0.4, -0.2) is 41.3 Å². The molecule has 1 aromatic heterocycles. The molecule has 84 valence electrons. The van der Waals surface area contributed by atoms with E-state index in [1.807, 2.05) is 6.07 Å². The number of amides is 1. The number of aromatic nitrogens is 2. The van der Waals surface area contributed by atoms with Crippen molar-refractivity contribution in [3.63, 3.8) is 0 Å². The Labute approximate surface area is 92.6 Å². The topological polar surface area (TPSA) is 67.4 Å². The van der Waals surface area contributed by atoms with Gasteiger partial charge in [0.25, 0.3) is 0 Å². The largest absolute Gasteiger partial charge is 0.442 e. The highest BCUT2D eigenvalue weighted by Crippen LogP contribution is 2.22. The maximum Gasteiger partial charge on any atom is 0.407 e. The predicted octanol–water partition coefficient (Wildman–Crippen LogP) is 0.164. The van der Waals surface area contributed by atoms with Crippen LogP contribution in [0.2, 0.25) is 0 Å². The van der Waals surface area contributed by atoms with E-state index in [1.165, 1.54) is 6.33 Å². The van der Waals surface area contributed by atoms with E-state index in [1.54, 1.807) is 6.20 Å². The molecule has 6 nitrogen and oxygen atoms in total. The van der Waals surface area contributed by atoms with Gasteiger partial charge in [0.15, 0.2) is 0 Å². The van der Waals surface area contributed by atoms with E-state index in [4.69, 9.17) is 4.74 Å². The van der Waals surface area contributed by atoms with Crippen molar-refractivity contribution in [2.75, 3.05) is 18.0 Å². The maximum absolute atomic E-state index is 11.1. The number of nitrogens with zero attached hydrogens (tertiary/aromatic N) is 3. The lowest BCUT2D eigenvalue weighted by Crippen LogP contribution is -2.48. The van der Waals surface area contributed by atoms with E-state index in [2.05, 4.69) is 20.2 Å². The summed E-state index contributed by atoms with van der Waals surface area (Å²) in [5.74, 6) is 0.886. The fraction of sp³-hybridized carbons (Fsp3) is 0.500. The normalized spacial score (nSPS) is 28.2. The second kappa shape index (κ2) is 3.62. The number of ether oxygens (including phenoxy) is 1. The Morgan fingerprint density at radius 2 is 2.50 bits per heavy atom. The number of alkyl carbamates (subject to hydrolysis) is 1. The average Bonchev–Trinajstić information content (AvgIpc) is 2.69. The highest BCUT2D eigenvalue weighted by Gasteiger charge is 2.38. The van der Waals surface area contributed by atoms with E-state index < -0.39 is 0 Å². The Morgan fingerprint density at radius 1 is 1.56 bits per heavy atom. The minimum absolute atomic E-state index is 0.0591. The quantitative estimate of drug-likeness (QED) is 0.730. The molecular formula is C10H12N4O2. The molecule has 1 N–H and O–H groups in total. The maximum atomic E-state index is 11.1. The average molecular weight is 220 g/mol. The lowest BCUT2D eigenvalue weighted by atomic mass is 10.0. The van der Waals surface area contributed by atoms with Crippen molar-refractivity contribution < 1.29 is 9.53 Å². The number of hydrogen-bond donors (Lipinski definition) is 1. The summed E-state index contributed by atoms with van der Waals surface area (Å²) in [7, 11) is 0. The summed E-state index contributed by atoms with van der Waals surface area (Å²) < 4.78 is 5.18. The SMILES string of the molecule is O=C1N[C@@H]2CCN(c3ccncn3)C[C@@H]2O1. The summed E-state index contributed by atoms with van der Waals surface area (Å²) >= 11 is 0. The molecule has 2 aliphatic heterocycles. The monoisotopic (exact) mass is 220 g/mol. The van der Waals surface area contributed by atoms with Crippen molar-refractivity contribution in [2.45, 2.75) is 18.6 Å². The second-order valence-corrected chi connectivity index (χ2v) is 4.00. The van der Waals surface area contributed by atoms with Gasteiger partial charge >= 0.3 is 6.09 Å². The Kier molecular flexibility index (Phi) is 2.12. The first-order chi connectivity index (χ1) is 7.83. The Morgan fingerprint density at radius 3 is 3.31 bits per heavy atom. The van der Waals surface area contributed by atoms with Crippen LogP contribution in [-0.2, 0) is 4.74 Å². The first-order valence-electron chi connectivity index (χ1n) is 5.31. The van der Waals surface area contributed by atoms with Crippen LogP contribution in [0.4, 0.5) is 10.6 Å². The Balaban J connectivity index is 1.74. The molecule has 0 saturated carbocycles. The summed E-state index contributed by atoms with van der Waals surface area (Å²) in [6.07, 6.45) is 3.77. The van der Waals surface area contributed by atoms with Crippen LogP contribution in [0.5, 0.6) is 0 Å². The van der Waals surface area contributed by atoms with Gasteiger partial charge in [0.2, 0.25) is 0 Å². The van der Waals surface area contributed by atoms with Crippen LogP contribution in [0, 0.1) is 0 Å². The van der Waals surface area contributed by atoms with E-state index in [0.717, 1.165) is 18.8 Å². The van der Waals surface area contributed by atoms with E-state index in [-0.39, 0.29) is 18.2 Å². The van der Waals surface area contributed by atoms with Gasteiger partial charge in [0.1, 0.15) is 18.2 Å². The number of anilines is 1. The Bertz CT molecular complexity index is 397. The number of piperidine rings is 1. The van der Waals surface area contributed by atoms with Crippen LogP contribution in [0.3, 0.4) is 0 Å². The fourth-order valence-corrected chi connectivity index (χ4v) is 2.20. The lowest BCUT2D eigenvalue weighted by Gasteiger charge is -2.33. The third-order valence-corrected chi connectivity index (χ3v) is 3.01. The van der Waals surface area contributed by atoms with Gasteiger partial charge in [0.05, 0.1) is 12.6 Å². The number of hydrogen-bond acceptors (Lipinski definition) is 5. The summed E-state index contributed by atoms with van der Waals surface area (Å²) in [5.41, 5.74) is 0. The molecule has 0 unspecified atom stereocenters. The molecule has 3 rings (SSSR count). The van der Waals surface area contributed by atoms with Crippen molar-refractivity contribution in [3.8, 4) is 0 Å². The van der Waals surface area contributed by atoms with Gasteiger partial charge in [0, 0.05) is 12.7 Å². The number of fused-ring (bicyclic) bond motifs is 1. The molecule has 3 heterocycles. The predicted molar refractivity (Wildman–Crippen MR) is 56.1 cm³/mol. The molecule has 2 atom stereocenters. The zero-order chi connectivity index (χ0) is 11.0. The van der Waals surface area contributed by atoms with Crippen LogP contribution in [0.15, 0.2) is 18.6 Å². The zero-order valence-corrected chi connectivity index (χ0v) is 8.67. The highest BCUT2D eigenvalue weighted by molar-refractivity contribution is 5.70. The van der Waals surface area contributed by atoms with Crippen molar-refractivity contribution in [2.24, 2.45) is 0 Å². The molecule has 0 aromatic carbocycles. The molecule has 16 heavy (non-hydrogen) atoms. The third-order valence-electron chi connectivity index (χ3n) is 3.01.